The van der Waals surface area contributed by atoms with Crippen LogP contribution in [0, 0.1) is 0 Å². The lowest BCUT2D eigenvalue weighted by Gasteiger charge is -2.16. The number of aliphatic hydroxyl groups excluding tert-OH is 1. The lowest BCUT2D eigenvalue weighted by atomic mass is 10.2. The zero-order chi connectivity index (χ0) is 15.7. The van der Waals surface area contributed by atoms with E-state index in [9.17, 15) is 8.42 Å². The quantitative estimate of drug-likeness (QED) is 0.644. The molecule has 1 aromatic carbocycles. The van der Waals surface area contributed by atoms with Gasteiger partial charge in [0.2, 0.25) is 10.0 Å². The first-order valence-corrected chi connectivity index (χ1v) is 8.45. The molecule has 1 rings (SSSR count). The van der Waals surface area contributed by atoms with Gasteiger partial charge in [0.25, 0.3) is 0 Å². The Morgan fingerprint density at radius 1 is 1.19 bits per heavy atom. The number of rotatable bonds is 10. The predicted octanol–water partition coefficient (Wildman–Crippen LogP) is 0.177. The van der Waals surface area contributed by atoms with Crippen LogP contribution in [0.2, 0.25) is 0 Å². The number of likely N-dealkylation sites (N-methyl/N-ethyl adjacent to an activating group) is 1. The van der Waals surface area contributed by atoms with Gasteiger partial charge in [0.1, 0.15) is 0 Å². The maximum atomic E-state index is 11.9. The minimum atomic E-state index is -3.34. The van der Waals surface area contributed by atoms with E-state index in [4.69, 9.17) is 9.84 Å². The van der Waals surface area contributed by atoms with E-state index in [1.54, 1.807) is 31.4 Å². The van der Waals surface area contributed by atoms with Crippen LogP contribution in [0.3, 0.4) is 0 Å². The molecule has 0 bridgehead atoms. The molecule has 21 heavy (non-hydrogen) atoms. The van der Waals surface area contributed by atoms with Gasteiger partial charge < -0.3 is 14.7 Å². The van der Waals surface area contributed by atoms with Crippen molar-refractivity contribution in [1.29, 1.82) is 0 Å². The molecule has 7 heteroatoms. The molecule has 0 unspecified atom stereocenters. The maximum Gasteiger partial charge on any atom is 0.215 e. The third-order valence-electron chi connectivity index (χ3n) is 3.05. The lowest BCUT2D eigenvalue weighted by molar-refractivity contribution is 0.162. The molecule has 120 valence electrons. The van der Waals surface area contributed by atoms with Crippen molar-refractivity contribution in [3.8, 4) is 0 Å². The first kappa shape index (κ1) is 18.1. The van der Waals surface area contributed by atoms with Gasteiger partial charge in [0.15, 0.2) is 0 Å². The summed E-state index contributed by atoms with van der Waals surface area (Å²) in [5, 5.41) is 8.95. The fourth-order valence-corrected chi connectivity index (χ4v) is 2.90. The molecule has 2 N–H and O–H groups in total. The van der Waals surface area contributed by atoms with Crippen molar-refractivity contribution >= 4 is 10.0 Å². The van der Waals surface area contributed by atoms with Crippen LogP contribution in [0.4, 0.5) is 0 Å². The summed E-state index contributed by atoms with van der Waals surface area (Å²) in [7, 11) is 0.214. The Bertz CT molecular complexity index is 502. The molecule has 0 saturated carbocycles. The number of hydrogen-bond donors (Lipinski definition) is 2. The minimum Gasteiger partial charge on any atom is -0.392 e. The Balaban J connectivity index is 2.39. The van der Waals surface area contributed by atoms with Gasteiger partial charge in [-0.3, -0.25) is 0 Å². The smallest absolute Gasteiger partial charge is 0.215 e. The Morgan fingerprint density at radius 2 is 1.81 bits per heavy atom. The van der Waals surface area contributed by atoms with Crippen molar-refractivity contribution in [2.24, 2.45) is 0 Å². The van der Waals surface area contributed by atoms with Crippen LogP contribution in [-0.2, 0) is 27.1 Å². The van der Waals surface area contributed by atoms with Crippen molar-refractivity contribution in [1.82, 2.24) is 9.62 Å². The van der Waals surface area contributed by atoms with Gasteiger partial charge in [-0.25, -0.2) is 13.1 Å². The Kier molecular flexibility index (Phi) is 7.84. The molecule has 0 amide bonds. The van der Waals surface area contributed by atoms with Gasteiger partial charge in [-0.1, -0.05) is 24.3 Å². The standard InChI is InChI=1S/C14H24N2O4S/c1-16(9-10-20-2)8-7-15-21(18,19)12-14-5-3-13(11-17)4-6-14/h3-6,15,17H,7-12H2,1-2H3. The average molecular weight is 316 g/mol. The van der Waals surface area contributed by atoms with E-state index < -0.39 is 10.0 Å². The number of nitrogens with one attached hydrogen (secondary N) is 1. The number of sulfonamides is 1. The number of benzene rings is 1. The average Bonchev–Trinajstić information content (AvgIpc) is 2.45. The highest BCUT2D eigenvalue weighted by Gasteiger charge is 2.11. The summed E-state index contributed by atoms with van der Waals surface area (Å²) < 4.78 is 31.4. The van der Waals surface area contributed by atoms with E-state index >= 15 is 0 Å². The van der Waals surface area contributed by atoms with Crippen molar-refractivity contribution < 1.29 is 18.3 Å². The van der Waals surface area contributed by atoms with E-state index in [-0.39, 0.29) is 12.4 Å². The van der Waals surface area contributed by atoms with Crippen LogP contribution in [0.25, 0.3) is 0 Å². The van der Waals surface area contributed by atoms with E-state index in [1.807, 2.05) is 11.9 Å². The highest BCUT2D eigenvalue weighted by atomic mass is 32.2. The highest BCUT2D eigenvalue weighted by molar-refractivity contribution is 7.88. The summed E-state index contributed by atoms with van der Waals surface area (Å²) in [5.74, 6) is -0.0551. The molecule has 0 atom stereocenters. The summed E-state index contributed by atoms with van der Waals surface area (Å²) in [6.45, 7) is 2.35. The van der Waals surface area contributed by atoms with Gasteiger partial charge in [-0.05, 0) is 18.2 Å². The number of hydrogen-bond acceptors (Lipinski definition) is 5. The first-order chi connectivity index (χ1) is 9.96. The third kappa shape index (κ3) is 7.54. The topological polar surface area (TPSA) is 78.9 Å². The molecule has 0 saturated heterocycles. The monoisotopic (exact) mass is 316 g/mol. The molecule has 0 spiro atoms. The molecule has 0 aliphatic rings. The van der Waals surface area contributed by atoms with E-state index in [1.165, 1.54) is 0 Å². The number of methoxy groups -OCH3 is 1. The third-order valence-corrected chi connectivity index (χ3v) is 4.41. The SMILES string of the molecule is COCCN(C)CCNS(=O)(=O)Cc1ccc(CO)cc1. The van der Waals surface area contributed by atoms with Crippen molar-refractivity contribution in [3.63, 3.8) is 0 Å². The fourth-order valence-electron chi connectivity index (χ4n) is 1.76. The zero-order valence-electron chi connectivity index (χ0n) is 12.6. The van der Waals surface area contributed by atoms with Crippen LogP contribution in [-0.4, -0.2) is 58.8 Å². The van der Waals surface area contributed by atoms with Gasteiger partial charge in [0.05, 0.1) is 19.0 Å². The summed E-state index contributed by atoms with van der Waals surface area (Å²) >= 11 is 0. The molecule has 0 aliphatic heterocycles. The Hall–Kier alpha value is -0.990. The first-order valence-electron chi connectivity index (χ1n) is 6.80. The molecular weight excluding hydrogens is 292 g/mol. The van der Waals surface area contributed by atoms with Crippen LogP contribution < -0.4 is 4.72 Å². The molecule has 0 radical (unpaired) electrons. The second-order valence-corrected chi connectivity index (χ2v) is 6.73. The predicted molar refractivity (Wildman–Crippen MR) is 82.4 cm³/mol. The number of nitrogens with zero attached hydrogens (tertiary/aromatic N) is 1. The summed E-state index contributed by atoms with van der Waals surface area (Å²) in [6, 6.07) is 6.89. The van der Waals surface area contributed by atoms with Crippen LogP contribution >= 0.6 is 0 Å². The number of aliphatic hydroxyl groups is 1. The van der Waals surface area contributed by atoms with E-state index in [2.05, 4.69) is 4.72 Å². The van der Waals surface area contributed by atoms with Crippen molar-refractivity contribution in [3.05, 3.63) is 35.4 Å². The van der Waals surface area contributed by atoms with Crippen LogP contribution in [0.1, 0.15) is 11.1 Å². The van der Waals surface area contributed by atoms with Crippen LogP contribution in [0.15, 0.2) is 24.3 Å². The maximum absolute atomic E-state index is 11.9. The van der Waals surface area contributed by atoms with Crippen molar-refractivity contribution in [2.45, 2.75) is 12.4 Å². The van der Waals surface area contributed by atoms with Gasteiger partial charge in [-0.2, -0.15) is 0 Å². The van der Waals surface area contributed by atoms with Crippen LogP contribution in [0.5, 0.6) is 0 Å². The molecule has 1 aromatic rings. The van der Waals surface area contributed by atoms with Gasteiger partial charge >= 0.3 is 0 Å². The van der Waals surface area contributed by atoms with Crippen molar-refractivity contribution in [2.75, 3.05) is 40.4 Å². The van der Waals surface area contributed by atoms with Gasteiger partial charge in [-0.15, -0.1) is 0 Å². The molecule has 6 nitrogen and oxygen atoms in total. The molecule has 0 aliphatic carbocycles. The highest BCUT2D eigenvalue weighted by Crippen LogP contribution is 2.07. The lowest BCUT2D eigenvalue weighted by Crippen LogP contribution is -2.34. The van der Waals surface area contributed by atoms with E-state index in [0.717, 1.165) is 12.1 Å². The molecule has 0 aromatic heterocycles. The zero-order valence-corrected chi connectivity index (χ0v) is 13.4. The summed E-state index contributed by atoms with van der Waals surface area (Å²) in [5.41, 5.74) is 1.47. The van der Waals surface area contributed by atoms with E-state index in [0.29, 0.717) is 25.3 Å². The summed E-state index contributed by atoms with van der Waals surface area (Å²) in [6.07, 6.45) is 0. The molecule has 0 heterocycles. The van der Waals surface area contributed by atoms with Gasteiger partial charge in [0, 0.05) is 26.7 Å². The fraction of sp³-hybridized carbons (Fsp3) is 0.571. The minimum absolute atomic E-state index is 0.0426. The second kappa shape index (κ2) is 9.11. The summed E-state index contributed by atoms with van der Waals surface area (Å²) in [4.78, 5) is 2.00. The Morgan fingerprint density at radius 3 is 2.38 bits per heavy atom. The largest absolute Gasteiger partial charge is 0.392 e. The normalized spacial score (nSPS) is 12.0. The number of ether oxygens (including phenoxy) is 1. The second-order valence-electron chi connectivity index (χ2n) is 4.92. The molecular formula is C14H24N2O4S. The molecule has 0 fully saturated rings. The Labute approximate surface area is 126 Å².